The normalized spacial score (nSPS) is 11.5. The fourth-order valence-corrected chi connectivity index (χ4v) is 3.20. The highest BCUT2D eigenvalue weighted by Crippen LogP contribution is 2.25. The summed E-state index contributed by atoms with van der Waals surface area (Å²) >= 11 is 5.92. The molecule has 0 unspecified atom stereocenters. The Kier molecular flexibility index (Phi) is 4.89. The molecule has 7 heteroatoms. The molecule has 2 heterocycles. The molecule has 0 aliphatic rings. The van der Waals surface area contributed by atoms with E-state index < -0.39 is 0 Å². The first-order valence-electron chi connectivity index (χ1n) is 8.57. The molecular weight excluding hydrogens is 362 g/mol. The molecule has 2 aromatic carbocycles. The first-order valence-corrected chi connectivity index (χ1v) is 8.95. The lowest BCUT2D eigenvalue weighted by Crippen LogP contribution is -2.09. The van der Waals surface area contributed by atoms with E-state index in [1.54, 1.807) is 17.3 Å². The number of benzene rings is 2. The van der Waals surface area contributed by atoms with Gasteiger partial charge in [0.05, 0.1) is 12.8 Å². The van der Waals surface area contributed by atoms with Crippen molar-refractivity contribution in [1.29, 1.82) is 0 Å². The molecule has 0 aliphatic heterocycles. The molecule has 0 fully saturated rings. The van der Waals surface area contributed by atoms with Gasteiger partial charge in [-0.3, -0.25) is 0 Å². The molecule has 0 aliphatic carbocycles. The quantitative estimate of drug-likeness (QED) is 0.473. The second-order valence-corrected chi connectivity index (χ2v) is 6.49. The Morgan fingerprint density at radius 1 is 1.07 bits per heavy atom. The molecule has 0 radical (unpaired) electrons. The smallest absolute Gasteiger partial charge is 0.141 e. The molecule has 27 heavy (non-hydrogen) atoms. The van der Waals surface area contributed by atoms with Crippen LogP contribution in [0, 0.1) is 6.92 Å². The first-order chi connectivity index (χ1) is 13.2. The van der Waals surface area contributed by atoms with Crippen molar-refractivity contribution in [1.82, 2.24) is 19.4 Å². The highest BCUT2D eigenvalue weighted by atomic mass is 35.5. The number of hydrogen-bond donors (Lipinski definition) is 0. The van der Waals surface area contributed by atoms with Crippen molar-refractivity contribution in [3.8, 4) is 5.75 Å². The van der Waals surface area contributed by atoms with Gasteiger partial charge in [-0.2, -0.15) is 5.10 Å². The number of nitrogens with zero attached hydrogens (tertiary/aromatic N) is 5. The lowest BCUT2D eigenvalue weighted by atomic mass is 10.1. The van der Waals surface area contributed by atoms with E-state index in [1.165, 1.54) is 0 Å². The zero-order valence-electron chi connectivity index (χ0n) is 14.8. The van der Waals surface area contributed by atoms with Gasteiger partial charge in [0, 0.05) is 27.2 Å². The van der Waals surface area contributed by atoms with Crippen molar-refractivity contribution >= 4 is 28.7 Å². The van der Waals surface area contributed by atoms with Crippen molar-refractivity contribution in [2.75, 3.05) is 6.61 Å². The molecule has 4 aromatic rings. The van der Waals surface area contributed by atoms with Crippen LogP contribution in [-0.4, -0.2) is 32.3 Å². The highest BCUT2D eigenvalue weighted by Gasteiger charge is 2.12. The third-order valence-corrected chi connectivity index (χ3v) is 4.66. The van der Waals surface area contributed by atoms with Crippen molar-refractivity contribution in [3.63, 3.8) is 0 Å². The van der Waals surface area contributed by atoms with Crippen LogP contribution in [0.15, 0.2) is 66.3 Å². The largest absolute Gasteiger partial charge is 0.492 e. The highest BCUT2D eigenvalue weighted by molar-refractivity contribution is 6.30. The molecule has 0 saturated heterocycles. The van der Waals surface area contributed by atoms with E-state index >= 15 is 0 Å². The van der Waals surface area contributed by atoms with Crippen LogP contribution in [-0.2, 0) is 6.54 Å². The molecule has 0 saturated carbocycles. The molecule has 0 atom stereocenters. The Morgan fingerprint density at radius 2 is 1.81 bits per heavy atom. The molecule has 4 rings (SSSR count). The molecule has 0 N–H and O–H groups in total. The maximum absolute atomic E-state index is 5.92. The SMILES string of the molecule is Cc1c(/C=N/n2cnnc2)c2ccccc2n1CCOc1ccc(Cl)cc1. The zero-order valence-corrected chi connectivity index (χ0v) is 15.5. The average molecular weight is 380 g/mol. The van der Waals surface area contributed by atoms with Gasteiger partial charge >= 0.3 is 0 Å². The van der Waals surface area contributed by atoms with Crippen LogP contribution in [0.4, 0.5) is 0 Å². The molecule has 0 amide bonds. The van der Waals surface area contributed by atoms with Gasteiger partial charge in [0.2, 0.25) is 0 Å². The maximum Gasteiger partial charge on any atom is 0.141 e. The second kappa shape index (κ2) is 7.63. The van der Waals surface area contributed by atoms with E-state index in [-0.39, 0.29) is 0 Å². The van der Waals surface area contributed by atoms with Gasteiger partial charge in [-0.1, -0.05) is 29.8 Å². The Balaban J connectivity index is 1.58. The van der Waals surface area contributed by atoms with Crippen LogP contribution in [0.3, 0.4) is 0 Å². The number of aromatic nitrogens is 4. The number of hydrogen-bond acceptors (Lipinski definition) is 4. The monoisotopic (exact) mass is 379 g/mol. The molecule has 0 spiro atoms. The number of ether oxygens (including phenoxy) is 1. The molecule has 0 bridgehead atoms. The summed E-state index contributed by atoms with van der Waals surface area (Å²) in [5.41, 5.74) is 3.36. The lowest BCUT2D eigenvalue weighted by Gasteiger charge is -2.10. The number of halogens is 1. The van der Waals surface area contributed by atoms with E-state index in [9.17, 15) is 0 Å². The number of fused-ring (bicyclic) bond motifs is 1. The van der Waals surface area contributed by atoms with Crippen LogP contribution in [0.2, 0.25) is 5.02 Å². The predicted molar refractivity (Wildman–Crippen MR) is 107 cm³/mol. The first kappa shape index (κ1) is 17.3. The van der Waals surface area contributed by atoms with Crippen molar-refractivity contribution < 1.29 is 4.74 Å². The van der Waals surface area contributed by atoms with E-state index in [4.69, 9.17) is 16.3 Å². The van der Waals surface area contributed by atoms with Crippen molar-refractivity contribution in [2.45, 2.75) is 13.5 Å². The Bertz CT molecular complexity index is 1070. The Hall–Kier alpha value is -3.12. The fraction of sp³-hybridized carbons (Fsp3) is 0.150. The van der Waals surface area contributed by atoms with Crippen LogP contribution < -0.4 is 4.74 Å². The van der Waals surface area contributed by atoms with E-state index in [0.29, 0.717) is 11.6 Å². The Morgan fingerprint density at radius 3 is 2.59 bits per heavy atom. The summed E-state index contributed by atoms with van der Waals surface area (Å²) in [5.74, 6) is 0.808. The maximum atomic E-state index is 5.92. The van der Waals surface area contributed by atoms with Gasteiger partial charge in [0.1, 0.15) is 25.0 Å². The summed E-state index contributed by atoms with van der Waals surface area (Å²) in [7, 11) is 0. The van der Waals surface area contributed by atoms with Gasteiger partial charge < -0.3 is 9.30 Å². The summed E-state index contributed by atoms with van der Waals surface area (Å²) in [4.78, 5) is 0. The van der Waals surface area contributed by atoms with E-state index in [0.717, 1.165) is 34.5 Å². The summed E-state index contributed by atoms with van der Waals surface area (Å²) in [6.45, 7) is 3.38. The van der Waals surface area contributed by atoms with Crippen LogP contribution in [0.1, 0.15) is 11.3 Å². The average Bonchev–Trinajstić information content (AvgIpc) is 3.29. The number of para-hydroxylation sites is 1. The summed E-state index contributed by atoms with van der Waals surface area (Å²) in [6.07, 6.45) is 4.97. The van der Waals surface area contributed by atoms with Crippen molar-refractivity contribution in [3.05, 3.63) is 77.5 Å². The molecule has 2 aromatic heterocycles. The van der Waals surface area contributed by atoms with Gasteiger partial charge in [-0.25, -0.2) is 4.68 Å². The summed E-state index contributed by atoms with van der Waals surface area (Å²) in [5, 5.41) is 13.8. The standard InChI is InChI=1S/C20H18ClN5O/c1-15-19(12-24-25-13-22-23-14-25)18-4-2-3-5-20(18)26(15)10-11-27-17-8-6-16(21)7-9-17/h2-9,12-14H,10-11H2,1H3/b24-12+. The van der Waals surface area contributed by atoms with Gasteiger partial charge in [-0.15, -0.1) is 10.2 Å². The minimum Gasteiger partial charge on any atom is -0.492 e. The molecular formula is C20H18ClN5O. The third kappa shape index (κ3) is 3.71. The topological polar surface area (TPSA) is 57.2 Å². The zero-order chi connectivity index (χ0) is 18.6. The van der Waals surface area contributed by atoms with Crippen LogP contribution in [0.5, 0.6) is 5.75 Å². The van der Waals surface area contributed by atoms with E-state index in [1.807, 2.05) is 42.6 Å². The number of rotatable bonds is 6. The molecule has 136 valence electrons. The lowest BCUT2D eigenvalue weighted by molar-refractivity contribution is 0.299. The minimum atomic E-state index is 0.559. The van der Waals surface area contributed by atoms with Gasteiger partial charge in [-0.05, 0) is 37.3 Å². The Labute approximate surface area is 161 Å². The van der Waals surface area contributed by atoms with Gasteiger partial charge in [0.15, 0.2) is 0 Å². The summed E-state index contributed by atoms with van der Waals surface area (Å²) in [6, 6.07) is 15.7. The molecule has 6 nitrogen and oxygen atoms in total. The van der Waals surface area contributed by atoms with Crippen LogP contribution in [0.25, 0.3) is 10.9 Å². The van der Waals surface area contributed by atoms with E-state index in [2.05, 4.69) is 38.9 Å². The van der Waals surface area contributed by atoms with Crippen molar-refractivity contribution in [2.24, 2.45) is 5.10 Å². The predicted octanol–water partition coefficient (Wildman–Crippen LogP) is 4.16. The summed E-state index contributed by atoms with van der Waals surface area (Å²) < 4.78 is 9.69. The minimum absolute atomic E-state index is 0.559. The van der Waals surface area contributed by atoms with Crippen LogP contribution >= 0.6 is 11.6 Å². The van der Waals surface area contributed by atoms with Gasteiger partial charge in [0.25, 0.3) is 0 Å². The fourth-order valence-electron chi connectivity index (χ4n) is 3.07. The third-order valence-electron chi connectivity index (χ3n) is 4.40. The second-order valence-electron chi connectivity index (χ2n) is 6.06.